The van der Waals surface area contributed by atoms with E-state index in [0.717, 1.165) is 10.2 Å². The Morgan fingerprint density at radius 1 is 1.00 bits per heavy atom. The summed E-state index contributed by atoms with van der Waals surface area (Å²) in [7, 11) is 0.971. The lowest BCUT2D eigenvalue weighted by Crippen LogP contribution is -2.37. The molecule has 0 saturated carbocycles. The fourth-order valence-corrected chi connectivity index (χ4v) is 1.49. The molecule has 0 atom stereocenters. The largest absolute Gasteiger partial charge is 0.324 e. The summed E-state index contributed by atoms with van der Waals surface area (Å²) >= 11 is 0. The molecule has 13 heavy (non-hydrogen) atoms. The Morgan fingerprint density at radius 3 is 1.62 bits per heavy atom. The van der Waals surface area contributed by atoms with Crippen molar-refractivity contribution < 1.29 is 14.2 Å². The van der Waals surface area contributed by atoms with Crippen molar-refractivity contribution in [2.24, 2.45) is 0 Å². The number of rotatable bonds is 7. The van der Waals surface area contributed by atoms with Crippen LogP contribution < -0.4 is 0 Å². The number of ether oxygens (including phenoxy) is 3. The lowest BCUT2D eigenvalue weighted by atomic mass is 10.5. The van der Waals surface area contributed by atoms with Crippen LogP contribution in [0.4, 0.5) is 0 Å². The molecule has 0 aliphatic rings. The first kappa shape index (κ1) is 12.8. The Balaban J connectivity index is 4.37. The molecule has 0 N–H and O–H groups in total. The third-order valence-corrected chi connectivity index (χ3v) is 1.74. The molecule has 78 valence electrons. The third-order valence-electron chi connectivity index (χ3n) is 1.41. The molecule has 0 spiro atoms. The molecule has 0 bridgehead atoms. The molecule has 0 aromatic heterocycles. The Morgan fingerprint density at radius 2 is 1.38 bits per heavy atom. The zero-order chi connectivity index (χ0) is 10.2. The van der Waals surface area contributed by atoms with Crippen molar-refractivity contribution in [3.8, 4) is 0 Å². The predicted molar refractivity (Wildman–Crippen MR) is 56.7 cm³/mol. The van der Waals surface area contributed by atoms with Gasteiger partial charge in [0, 0.05) is 30.1 Å². The molecule has 0 aliphatic carbocycles. The summed E-state index contributed by atoms with van der Waals surface area (Å²) < 4.78 is 16.3. The summed E-state index contributed by atoms with van der Waals surface area (Å²) in [6, 6.07) is 0. The summed E-state index contributed by atoms with van der Waals surface area (Å²) in [6.45, 7) is 7.50. The first-order chi connectivity index (χ1) is 6.24. The second kappa shape index (κ2) is 7.26. The van der Waals surface area contributed by atoms with Crippen LogP contribution in [0.2, 0.25) is 0 Å². The zero-order valence-electron chi connectivity index (χ0n) is 9.00. The van der Waals surface area contributed by atoms with Crippen LogP contribution in [0.1, 0.15) is 20.8 Å². The number of hydrogen-bond donors (Lipinski definition) is 0. The van der Waals surface area contributed by atoms with Gasteiger partial charge in [0.25, 0.3) is 0 Å². The first-order valence-corrected chi connectivity index (χ1v) is 5.95. The summed E-state index contributed by atoms with van der Waals surface area (Å²) in [6.07, 6.45) is 1.84. The molecule has 0 unspecified atom stereocenters. The SMILES string of the molecule is CCOC(C=C[SiH3])(OCC)OCC. The van der Waals surface area contributed by atoms with Crippen LogP contribution in [0.3, 0.4) is 0 Å². The molecule has 3 nitrogen and oxygen atoms in total. The van der Waals surface area contributed by atoms with Crippen molar-refractivity contribution in [3.63, 3.8) is 0 Å². The maximum absolute atomic E-state index is 5.44. The van der Waals surface area contributed by atoms with Crippen LogP contribution in [0, 0.1) is 0 Å². The summed E-state index contributed by atoms with van der Waals surface area (Å²) in [5.41, 5.74) is 2.00. The Bertz CT molecular complexity index is 131. The lowest BCUT2D eigenvalue weighted by Gasteiger charge is -2.29. The normalized spacial score (nSPS) is 12.8. The van der Waals surface area contributed by atoms with E-state index in [2.05, 4.69) is 0 Å². The van der Waals surface area contributed by atoms with Crippen molar-refractivity contribution in [3.05, 3.63) is 11.8 Å². The molecule has 4 heteroatoms. The van der Waals surface area contributed by atoms with Crippen LogP contribution in [-0.2, 0) is 14.2 Å². The van der Waals surface area contributed by atoms with E-state index >= 15 is 0 Å². The predicted octanol–water partition coefficient (Wildman–Crippen LogP) is 0.629. The van der Waals surface area contributed by atoms with Gasteiger partial charge in [-0.1, -0.05) is 0 Å². The molecule has 0 saturated heterocycles. The van der Waals surface area contributed by atoms with Gasteiger partial charge >= 0.3 is 5.97 Å². The summed E-state index contributed by atoms with van der Waals surface area (Å²) in [5, 5.41) is 0. The molecule has 0 radical (unpaired) electrons. The maximum Gasteiger partial charge on any atom is 0.304 e. The second-order valence-corrected chi connectivity index (χ2v) is 3.07. The quantitative estimate of drug-likeness (QED) is 0.450. The van der Waals surface area contributed by atoms with Gasteiger partial charge in [-0.2, -0.15) is 0 Å². The Kier molecular flexibility index (Phi) is 7.17. The second-order valence-electron chi connectivity index (χ2n) is 2.40. The standard InChI is InChI=1S/C9H20O3Si/c1-4-10-9(7-8-13,11-5-2)12-6-3/h7-8H,4-6H2,1-3,13H3. The zero-order valence-corrected chi connectivity index (χ0v) is 11.0. The van der Waals surface area contributed by atoms with E-state index in [-0.39, 0.29) is 0 Å². The third kappa shape index (κ3) is 4.57. The highest BCUT2D eigenvalue weighted by molar-refractivity contribution is 6.17. The average molecular weight is 204 g/mol. The van der Waals surface area contributed by atoms with Crippen molar-refractivity contribution >= 4 is 10.2 Å². The van der Waals surface area contributed by atoms with Gasteiger partial charge < -0.3 is 14.2 Å². The minimum Gasteiger partial charge on any atom is -0.324 e. The summed E-state index contributed by atoms with van der Waals surface area (Å²) in [5.74, 6) is -0.944. The topological polar surface area (TPSA) is 27.7 Å². The van der Waals surface area contributed by atoms with Gasteiger partial charge in [-0.15, -0.1) is 5.70 Å². The molecule has 0 aromatic carbocycles. The number of hydrogen-bond acceptors (Lipinski definition) is 3. The van der Waals surface area contributed by atoms with E-state index in [1.165, 1.54) is 0 Å². The van der Waals surface area contributed by atoms with Gasteiger partial charge in [0.1, 0.15) is 0 Å². The Labute approximate surface area is 83.5 Å². The lowest BCUT2D eigenvalue weighted by molar-refractivity contribution is -0.345. The summed E-state index contributed by atoms with van der Waals surface area (Å²) in [4.78, 5) is 0. The van der Waals surface area contributed by atoms with E-state index in [4.69, 9.17) is 14.2 Å². The van der Waals surface area contributed by atoms with Gasteiger partial charge in [-0.3, -0.25) is 0 Å². The van der Waals surface area contributed by atoms with E-state index < -0.39 is 5.97 Å². The molecule has 0 heterocycles. The first-order valence-electron chi connectivity index (χ1n) is 4.80. The van der Waals surface area contributed by atoms with Crippen molar-refractivity contribution in [2.75, 3.05) is 19.8 Å². The Hall–Kier alpha value is -0.163. The smallest absolute Gasteiger partial charge is 0.304 e. The van der Waals surface area contributed by atoms with Gasteiger partial charge in [0.05, 0.1) is 0 Å². The fraction of sp³-hybridized carbons (Fsp3) is 0.778. The molecular weight excluding hydrogens is 184 g/mol. The van der Waals surface area contributed by atoms with Gasteiger partial charge in [0.2, 0.25) is 0 Å². The molecule has 0 aromatic rings. The van der Waals surface area contributed by atoms with Gasteiger partial charge in [-0.05, 0) is 26.8 Å². The molecule has 0 fully saturated rings. The highest BCUT2D eigenvalue weighted by Crippen LogP contribution is 2.17. The molecule has 0 amide bonds. The minimum atomic E-state index is -0.944. The average Bonchev–Trinajstić information content (AvgIpc) is 2.06. The van der Waals surface area contributed by atoms with E-state index in [9.17, 15) is 0 Å². The van der Waals surface area contributed by atoms with Crippen LogP contribution in [0.25, 0.3) is 0 Å². The van der Waals surface area contributed by atoms with Crippen LogP contribution in [0.15, 0.2) is 11.8 Å². The van der Waals surface area contributed by atoms with E-state index in [1.807, 2.05) is 32.5 Å². The van der Waals surface area contributed by atoms with Crippen molar-refractivity contribution in [2.45, 2.75) is 26.7 Å². The van der Waals surface area contributed by atoms with Gasteiger partial charge in [0.15, 0.2) is 0 Å². The van der Waals surface area contributed by atoms with E-state index in [1.54, 1.807) is 0 Å². The maximum atomic E-state index is 5.44. The fourth-order valence-electron chi connectivity index (χ4n) is 1.08. The van der Waals surface area contributed by atoms with Crippen LogP contribution in [-0.4, -0.2) is 36.0 Å². The highest BCUT2D eigenvalue weighted by Gasteiger charge is 2.28. The van der Waals surface area contributed by atoms with Crippen LogP contribution in [0.5, 0.6) is 0 Å². The van der Waals surface area contributed by atoms with Crippen LogP contribution >= 0.6 is 0 Å². The minimum absolute atomic E-state index is 0.575. The van der Waals surface area contributed by atoms with E-state index in [0.29, 0.717) is 19.8 Å². The van der Waals surface area contributed by atoms with Gasteiger partial charge in [-0.25, -0.2) is 0 Å². The monoisotopic (exact) mass is 204 g/mol. The molecular formula is C9H20O3Si. The van der Waals surface area contributed by atoms with Crippen molar-refractivity contribution in [1.82, 2.24) is 0 Å². The highest BCUT2D eigenvalue weighted by atomic mass is 28.1. The molecule has 0 aliphatic heterocycles. The molecule has 0 rings (SSSR count). The van der Waals surface area contributed by atoms with Crippen molar-refractivity contribution in [1.29, 1.82) is 0 Å².